The van der Waals surface area contributed by atoms with Gasteiger partial charge in [-0.15, -0.1) is 23.4 Å². The van der Waals surface area contributed by atoms with Gasteiger partial charge in [0.25, 0.3) is 0 Å². The number of alkyl halides is 1. The Balaban J connectivity index is 1.98. The molecule has 6 N–H and O–H groups in total. The maximum Gasteiger partial charge on any atom is 0.237 e. The van der Waals surface area contributed by atoms with Crippen LogP contribution in [0.15, 0.2) is 0 Å². The molecule has 2 heterocycles. The van der Waals surface area contributed by atoms with E-state index in [2.05, 4.69) is 10.6 Å². The van der Waals surface area contributed by atoms with Crippen molar-refractivity contribution in [3.8, 4) is 0 Å². The summed E-state index contributed by atoms with van der Waals surface area (Å²) in [6.07, 6.45) is 2.30. The number of halogens is 1. The van der Waals surface area contributed by atoms with E-state index in [0.29, 0.717) is 12.3 Å². The van der Waals surface area contributed by atoms with Gasteiger partial charge in [0.15, 0.2) is 0 Å². The van der Waals surface area contributed by atoms with E-state index in [1.54, 1.807) is 13.2 Å². The van der Waals surface area contributed by atoms with Gasteiger partial charge in [-0.1, -0.05) is 12.8 Å². The van der Waals surface area contributed by atoms with Crippen molar-refractivity contribution in [1.82, 2.24) is 10.6 Å². The highest BCUT2D eigenvalue weighted by Crippen LogP contribution is 2.30. The molecule has 2 fully saturated rings. The van der Waals surface area contributed by atoms with Crippen LogP contribution < -0.4 is 10.6 Å². The van der Waals surface area contributed by atoms with E-state index in [0.717, 1.165) is 38.6 Å². The number of rotatable bonds is 9. The van der Waals surface area contributed by atoms with E-state index in [1.807, 2.05) is 0 Å². The zero-order chi connectivity index (χ0) is 22.3. The zero-order valence-corrected chi connectivity index (χ0v) is 19.3. The van der Waals surface area contributed by atoms with Crippen molar-refractivity contribution in [2.75, 3.05) is 19.4 Å². The van der Waals surface area contributed by atoms with E-state index in [4.69, 9.17) is 21.4 Å². The molecular formula is C20H37ClN2O6S. The summed E-state index contributed by atoms with van der Waals surface area (Å²) in [6.45, 7) is 2.66. The molecule has 0 aromatic heterocycles. The van der Waals surface area contributed by atoms with Crippen molar-refractivity contribution in [2.24, 2.45) is 5.92 Å². The Morgan fingerprint density at radius 3 is 2.57 bits per heavy atom. The molecule has 0 saturated carbocycles. The number of aliphatic hydroxyl groups excluding tert-OH is 4. The van der Waals surface area contributed by atoms with Gasteiger partial charge in [0.2, 0.25) is 5.91 Å². The SMILES string of the molecule is CSC1OC(C(NC(=O)C2CCC(CCCCO)CCN2)C(C)Cl)C(O)C(O)C1O. The summed E-state index contributed by atoms with van der Waals surface area (Å²) in [5.74, 6) is 0.327. The molecule has 0 radical (unpaired) electrons. The molecule has 10 heteroatoms. The van der Waals surface area contributed by atoms with Crippen LogP contribution in [-0.2, 0) is 9.53 Å². The Morgan fingerprint density at radius 2 is 1.93 bits per heavy atom. The molecule has 0 aromatic carbocycles. The van der Waals surface area contributed by atoms with Gasteiger partial charge in [0, 0.05) is 6.61 Å². The molecule has 2 saturated heterocycles. The van der Waals surface area contributed by atoms with Crippen LogP contribution in [0.4, 0.5) is 0 Å². The van der Waals surface area contributed by atoms with Gasteiger partial charge in [-0.2, -0.15) is 0 Å². The highest BCUT2D eigenvalue weighted by Gasteiger charge is 2.48. The van der Waals surface area contributed by atoms with Crippen LogP contribution in [0.1, 0.15) is 45.4 Å². The van der Waals surface area contributed by atoms with Crippen LogP contribution in [0, 0.1) is 5.92 Å². The maximum absolute atomic E-state index is 13.0. The molecule has 2 aliphatic rings. The lowest BCUT2D eigenvalue weighted by Crippen LogP contribution is -2.65. The summed E-state index contributed by atoms with van der Waals surface area (Å²) in [5, 5.41) is 45.3. The molecule has 176 valence electrons. The fraction of sp³-hybridized carbons (Fsp3) is 0.950. The molecular weight excluding hydrogens is 432 g/mol. The van der Waals surface area contributed by atoms with Gasteiger partial charge < -0.3 is 35.8 Å². The van der Waals surface area contributed by atoms with Crippen molar-refractivity contribution in [3.05, 3.63) is 0 Å². The topological polar surface area (TPSA) is 131 Å². The molecule has 0 spiro atoms. The highest BCUT2D eigenvalue weighted by molar-refractivity contribution is 7.99. The van der Waals surface area contributed by atoms with E-state index in [-0.39, 0.29) is 18.6 Å². The molecule has 2 aliphatic heterocycles. The minimum atomic E-state index is -1.38. The van der Waals surface area contributed by atoms with Crippen LogP contribution in [-0.4, -0.2) is 93.1 Å². The van der Waals surface area contributed by atoms with Crippen LogP contribution >= 0.6 is 23.4 Å². The first kappa shape index (κ1) is 26.1. The lowest BCUT2D eigenvalue weighted by atomic mass is 9.92. The van der Waals surface area contributed by atoms with Gasteiger partial charge in [-0.3, -0.25) is 4.79 Å². The Hall–Kier alpha value is -0.130. The van der Waals surface area contributed by atoms with Crippen LogP contribution in [0.25, 0.3) is 0 Å². The second kappa shape index (κ2) is 12.8. The summed E-state index contributed by atoms with van der Waals surface area (Å²) < 4.78 is 5.80. The lowest BCUT2D eigenvalue weighted by molar-refractivity contribution is -0.205. The van der Waals surface area contributed by atoms with E-state index >= 15 is 0 Å². The molecule has 2 rings (SSSR count). The predicted molar refractivity (Wildman–Crippen MR) is 118 cm³/mol. The van der Waals surface area contributed by atoms with E-state index in [1.165, 1.54) is 11.8 Å². The number of thioether (sulfide) groups is 1. The second-order valence-electron chi connectivity index (χ2n) is 8.35. The predicted octanol–water partition coefficient (Wildman–Crippen LogP) is 0.190. The van der Waals surface area contributed by atoms with Crippen molar-refractivity contribution < 1.29 is 30.0 Å². The second-order valence-corrected chi connectivity index (χ2v) is 9.97. The Bertz CT molecular complexity index is 530. The average molecular weight is 469 g/mol. The van der Waals surface area contributed by atoms with Crippen molar-refractivity contribution in [2.45, 2.75) is 92.8 Å². The summed E-state index contributed by atoms with van der Waals surface area (Å²) >= 11 is 7.55. The average Bonchev–Trinajstić information content (AvgIpc) is 2.97. The monoisotopic (exact) mass is 468 g/mol. The van der Waals surface area contributed by atoms with Gasteiger partial charge in [0.05, 0.1) is 17.5 Å². The molecule has 1 amide bonds. The van der Waals surface area contributed by atoms with Gasteiger partial charge >= 0.3 is 0 Å². The first-order valence-electron chi connectivity index (χ1n) is 10.8. The molecule has 9 atom stereocenters. The number of nitrogens with one attached hydrogen (secondary N) is 2. The number of unbranched alkanes of at least 4 members (excludes halogenated alkanes) is 1. The number of carbonyl (C=O) groups excluding carboxylic acids is 1. The lowest BCUT2D eigenvalue weighted by Gasteiger charge is -2.44. The number of hydrogen-bond acceptors (Lipinski definition) is 8. The normalized spacial score (nSPS) is 37.2. The molecule has 9 unspecified atom stereocenters. The smallest absolute Gasteiger partial charge is 0.237 e. The number of aliphatic hydroxyl groups is 4. The Morgan fingerprint density at radius 1 is 1.20 bits per heavy atom. The van der Waals surface area contributed by atoms with Gasteiger partial charge in [0.1, 0.15) is 29.9 Å². The number of carbonyl (C=O) groups is 1. The van der Waals surface area contributed by atoms with Crippen LogP contribution in [0.3, 0.4) is 0 Å². The largest absolute Gasteiger partial charge is 0.396 e. The van der Waals surface area contributed by atoms with Crippen LogP contribution in [0.5, 0.6) is 0 Å². The zero-order valence-electron chi connectivity index (χ0n) is 17.7. The standard InChI is InChI=1S/C20H37ClN2O6S/c1-11(21)14(18-16(26)15(25)17(27)20(29-18)30-2)23-19(28)13-7-6-12(8-9-22-13)5-3-4-10-24/h11-18,20,22,24-27H,3-10H2,1-2H3,(H,23,28). The van der Waals surface area contributed by atoms with Gasteiger partial charge in [-0.25, -0.2) is 0 Å². The first-order chi connectivity index (χ1) is 14.3. The van der Waals surface area contributed by atoms with E-state index < -0.39 is 41.3 Å². The molecule has 8 nitrogen and oxygen atoms in total. The fourth-order valence-electron chi connectivity index (χ4n) is 4.26. The summed E-state index contributed by atoms with van der Waals surface area (Å²) in [6, 6.07) is -1.09. The molecule has 0 aromatic rings. The third kappa shape index (κ3) is 6.93. The van der Waals surface area contributed by atoms with E-state index in [9.17, 15) is 20.1 Å². The molecule has 0 aliphatic carbocycles. The first-order valence-corrected chi connectivity index (χ1v) is 12.5. The Labute approximate surface area is 188 Å². The minimum absolute atomic E-state index is 0.208. The molecule has 0 bridgehead atoms. The summed E-state index contributed by atoms with van der Waals surface area (Å²) in [5.41, 5.74) is -0.723. The summed E-state index contributed by atoms with van der Waals surface area (Å²) in [7, 11) is 0. The highest BCUT2D eigenvalue weighted by atomic mass is 35.5. The fourth-order valence-corrected chi connectivity index (χ4v) is 5.14. The maximum atomic E-state index is 13.0. The van der Waals surface area contributed by atoms with Crippen molar-refractivity contribution >= 4 is 29.3 Å². The third-order valence-corrected chi connectivity index (χ3v) is 7.27. The molecule has 30 heavy (non-hydrogen) atoms. The van der Waals surface area contributed by atoms with Crippen molar-refractivity contribution in [3.63, 3.8) is 0 Å². The summed E-state index contributed by atoms with van der Waals surface area (Å²) in [4.78, 5) is 13.0. The number of ether oxygens (including phenoxy) is 1. The third-order valence-electron chi connectivity index (χ3n) is 6.14. The van der Waals surface area contributed by atoms with Crippen LogP contribution in [0.2, 0.25) is 0 Å². The Kier molecular flexibility index (Phi) is 11.1. The van der Waals surface area contributed by atoms with Gasteiger partial charge in [-0.05, 0) is 51.3 Å². The minimum Gasteiger partial charge on any atom is -0.396 e. The quantitative estimate of drug-likeness (QED) is 0.209. The number of hydrogen-bond donors (Lipinski definition) is 6. The number of amides is 1. The van der Waals surface area contributed by atoms with Crippen molar-refractivity contribution in [1.29, 1.82) is 0 Å².